The van der Waals surface area contributed by atoms with E-state index in [-0.39, 0.29) is 11.2 Å². The summed E-state index contributed by atoms with van der Waals surface area (Å²) in [5.41, 5.74) is 0.832. The zero-order chi connectivity index (χ0) is 24.5. The van der Waals surface area contributed by atoms with Crippen molar-refractivity contribution in [2.24, 2.45) is 14.1 Å². The summed E-state index contributed by atoms with van der Waals surface area (Å²) in [6, 6.07) is 16.4. The molecule has 0 N–H and O–H groups in total. The Balaban J connectivity index is 1.72. The number of pyridine rings is 2. The predicted octanol–water partition coefficient (Wildman–Crippen LogP) is 4.84. The molecular weight excluding hydrogens is 457 g/mol. The Morgan fingerprint density at radius 3 is 2.43 bits per heavy atom. The van der Waals surface area contributed by atoms with Gasteiger partial charge in [0.15, 0.2) is 5.52 Å². The Kier molecular flexibility index (Phi) is 4.38. The molecule has 6 aromatic rings. The summed E-state index contributed by atoms with van der Waals surface area (Å²) in [5, 5.41) is 5.67. The summed E-state index contributed by atoms with van der Waals surface area (Å²) in [4.78, 5) is 22.2. The molecule has 6 rings (SSSR count). The van der Waals surface area contributed by atoms with Gasteiger partial charge in [-0.3, -0.25) is 14.0 Å². The number of hydrogen-bond donors (Lipinski definition) is 0. The molecule has 0 amide bonds. The summed E-state index contributed by atoms with van der Waals surface area (Å²) >= 11 is 0. The molecule has 7 nitrogen and oxygen atoms in total. The summed E-state index contributed by atoms with van der Waals surface area (Å²) in [6.07, 6.45) is -2.78. The van der Waals surface area contributed by atoms with Crippen molar-refractivity contribution in [3.05, 3.63) is 82.9 Å². The lowest BCUT2D eigenvalue weighted by atomic mass is 10.1. The average molecular weight is 474 g/mol. The molecule has 35 heavy (non-hydrogen) atoms. The van der Waals surface area contributed by atoms with Crippen molar-refractivity contribution >= 4 is 33.0 Å². The van der Waals surface area contributed by atoms with E-state index >= 15 is 0 Å². The fraction of sp³-hybridized carbons (Fsp3) is 0.120. The van der Waals surface area contributed by atoms with Gasteiger partial charge in [-0.05, 0) is 42.5 Å². The molecule has 4 aromatic heterocycles. The maximum atomic E-state index is 13.7. The molecule has 0 aliphatic carbocycles. The monoisotopic (exact) mass is 474 g/mol. The molecule has 0 unspecified atom stereocenters. The van der Waals surface area contributed by atoms with Gasteiger partial charge in [0.2, 0.25) is 0 Å². The molecular formula is C25H17F3N6O. The first-order valence-corrected chi connectivity index (χ1v) is 10.7. The first kappa shape index (κ1) is 21.1. The van der Waals surface area contributed by atoms with Gasteiger partial charge in [0.25, 0.3) is 5.56 Å². The van der Waals surface area contributed by atoms with Crippen LogP contribution in [0, 0.1) is 0 Å². The fourth-order valence-corrected chi connectivity index (χ4v) is 4.48. The summed E-state index contributed by atoms with van der Waals surface area (Å²) in [6.45, 7) is 0. The molecule has 0 spiro atoms. The third kappa shape index (κ3) is 3.21. The number of imidazole rings is 1. The molecule has 0 aliphatic heterocycles. The highest BCUT2D eigenvalue weighted by atomic mass is 19.4. The molecule has 0 saturated heterocycles. The van der Waals surface area contributed by atoms with Crippen LogP contribution in [-0.4, -0.2) is 28.9 Å². The lowest BCUT2D eigenvalue weighted by molar-refractivity contribution is -0.141. The lowest BCUT2D eigenvalue weighted by Gasteiger charge is -2.13. The summed E-state index contributed by atoms with van der Waals surface area (Å²) < 4.78 is 45.2. The normalized spacial score (nSPS) is 12.3. The number of aryl methyl sites for hydroxylation is 2. The Bertz CT molecular complexity index is 1830. The molecule has 0 radical (unpaired) electrons. The van der Waals surface area contributed by atoms with Crippen molar-refractivity contribution < 1.29 is 13.2 Å². The van der Waals surface area contributed by atoms with Gasteiger partial charge in [-0.2, -0.15) is 18.3 Å². The standard InChI is InChI=1S/C25H17F3N6O/c1-32-13-15-12-14(8-10-18(15)31-32)22-30-20-21(33(22)2)17-9-11-19(25(26,27)28)29-23(17)34(24(20)35)16-6-4-3-5-7-16/h3-13H,1-2H3. The number of aromatic nitrogens is 6. The van der Waals surface area contributed by atoms with Gasteiger partial charge >= 0.3 is 6.18 Å². The highest BCUT2D eigenvalue weighted by molar-refractivity contribution is 6.03. The molecule has 0 aliphatic rings. The number of rotatable bonds is 2. The maximum Gasteiger partial charge on any atom is 0.433 e. The van der Waals surface area contributed by atoms with Crippen LogP contribution < -0.4 is 5.56 Å². The van der Waals surface area contributed by atoms with Crippen LogP contribution in [0.2, 0.25) is 0 Å². The Hall–Kier alpha value is -4.47. The lowest BCUT2D eigenvalue weighted by Crippen LogP contribution is -2.21. The van der Waals surface area contributed by atoms with Gasteiger partial charge in [0.1, 0.15) is 17.2 Å². The molecule has 4 heterocycles. The third-order valence-corrected chi connectivity index (χ3v) is 6.02. The van der Waals surface area contributed by atoms with Crippen molar-refractivity contribution in [2.75, 3.05) is 0 Å². The quantitative estimate of drug-likeness (QED) is 0.360. The van der Waals surface area contributed by atoms with E-state index in [4.69, 9.17) is 0 Å². The van der Waals surface area contributed by atoms with E-state index in [0.717, 1.165) is 22.5 Å². The van der Waals surface area contributed by atoms with Crippen molar-refractivity contribution in [1.82, 2.24) is 28.9 Å². The van der Waals surface area contributed by atoms with Crippen LogP contribution in [0.25, 0.3) is 50.0 Å². The maximum absolute atomic E-state index is 13.7. The van der Waals surface area contributed by atoms with Crippen LogP contribution in [0.15, 0.2) is 71.7 Å². The third-order valence-electron chi connectivity index (χ3n) is 6.02. The highest BCUT2D eigenvalue weighted by Crippen LogP contribution is 2.33. The van der Waals surface area contributed by atoms with E-state index in [1.165, 1.54) is 10.6 Å². The van der Waals surface area contributed by atoms with Gasteiger partial charge in [0.05, 0.1) is 16.7 Å². The number of nitrogens with zero attached hydrogens (tertiary/aromatic N) is 6. The zero-order valence-electron chi connectivity index (χ0n) is 18.6. The second kappa shape index (κ2) is 7.26. The minimum Gasteiger partial charge on any atom is -0.326 e. The van der Waals surface area contributed by atoms with E-state index in [2.05, 4.69) is 15.1 Å². The van der Waals surface area contributed by atoms with Crippen molar-refractivity contribution in [3.8, 4) is 17.1 Å². The topological polar surface area (TPSA) is 70.5 Å². The van der Waals surface area contributed by atoms with E-state index in [1.807, 2.05) is 31.4 Å². The first-order chi connectivity index (χ1) is 16.7. The van der Waals surface area contributed by atoms with Crippen LogP contribution >= 0.6 is 0 Å². The van der Waals surface area contributed by atoms with E-state index < -0.39 is 17.4 Å². The van der Waals surface area contributed by atoms with E-state index in [9.17, 15) is 18.0 Å². The molecule has 174 valence electrons. The van der Waals surface area contributed by atoms with Crippen LogP contribution in [0.4, 0.5) is 13.2 Å². The van der Waals surface area contributed by atoms with Crippen LogP contribution in [0.3, 0.4) is 0 Å². The number of halogens is 3. The number of alkyl halides is 3. The number of para-hydroxylation sites is 1. The summed E-state index contributed by atoms with van der Waals surface area (Å²) in [5.74, 6) is 0.509. The number of benzene rings is 2. The van der Waals surface area contributed by atoms with Gasteiger partial charge in [-0.15, -0.1) is 0 Å². The SMILES string of the molecule is Cn1cc2cc(-c3nc4c(=O)n(-c5ccccc5)c5nc(C(F)(F)F)ccc5c4n3C)ccc2n1. The smallest absolute Gasteiger partial charge is 0.326 e. The van der Waals surface area contributed by atoms with Crippen LogP contribution in [-0.2, 0) is 20.3 Å². The van der Waals surface area contributed by atoms with Gasteiger partial charge < -0.3 is 4.57 Å². The number of fused-ring (bicyclic) bond motifs is 4. The largest absolute Gasteiger partial charge is 0.433 e. The average Bonchev–Trinajstić information content (AvgIpc) is 3.37. The Morgan fingerprint density at radius 2 is 1.69 bits per heavy atom. The predicted molar refractivity (Wildman–Crippen MR) is 126 cm³/mol. The molecule has 10 heteroatoms. The van der Waals surface area contributed by atoms with Crippen molar-refractivity contribution in [1.29, 1.82) is 0 Å². The Morgan fingerprint density at radius 1 is 0.914 bits per heavy atom. The molecule has 0 bridgehead atoms. The van der Waals surface area contributed by atoms with Gasteiger partial charge in [0, 0.05) is 36.6 Å². The molecule has 0 atom stereocenters. The van der Waals surface area contributed by atoms with Crippen molar-refractivity contribution in [3.63, 3.8) is 0 Å². The van der Waals surface area contributed by atoms with E-state index in [1.54, 1.807) is 46.6 Å². The Labute approximate surface area is 195 Å². The van der Waals surface area contributed by atoms with Crippen molar-refractivity contribution in [2.45, 2.75) is 6.18 Å². The first-order valence-electron chi connectivity index (χ1n) is 10.7. The number of hydrogen-bond acceptors (Lipinski definition) is 4. The second-order valence-corrected chi connectivity index (χ2v) is 8.31. The second-order valence-electron chi connectivity index (χ2n) is 8.31. The molecule has 0 saturated carbocycles. The van der Waals surface area contributed by atoms with Crippen LogP contribution in [0.5, 0.6) is 0 Å². The van der Waals surface area contributed by atoms with Gasteiger partial charge in [-0.25, -0.2) is 9.97 Å². The zero-order valence-corrected chi connectivity index (χ0v) is 18.6. The minimum absolute atomic E-state index is 0.0826. The summed E-state index contributed by atoms with van der Waals surface area (Å²) in [7, 11) is 3.57. The van der Waals surface area contributed by atoms with E-state index in [0.29, 0.717) is 22.4 Å². The van der Waals surface area contributed by atoms with Gasteiger partial charge in [-0.1, -0.05) is 18.2 Å². The molecule has 2 aromatic carbocycles. The minimum atomic E-state index is -4.66. The fourth-order valence-electron chi connectivity index (χ4n) is 4.48. The highest BCUT2D eigenvalue weighted by Gasteiger charge is 2.33. The molecule has 0 fully saturated rings. The van der Waals surface area contributed by atoms with Crippen LogP contribution in [0.1, 0.15) is 5.69 Å².